The van der Waals surface area contributed by atoms with Crippen molar-refractivity contribution in [2.24, 2.45) is 0 Å². The molecule has 1 heterocycles. The highest BCUT2D eigenvalue weighted by Crippen LogP contribution is 2.22. The summed E-state index contributed by atoms with van der Waals surface area (Å²) in [5.41, 5.74) is 1.33. The molecule has 1 aromatic rings. The molecule has 0 radical (unpaired) electrons. The standard InChI is InChI=1S/C12H22N2OS/c1-9(2)15-7-6-14-10(12(3,4)5)8-13-11(14)16/h8-9H,6-7H2,1-5H3,(H,13,16). The number of rotatable bonds is 4. The van der Waals surface area contributed by atoms with Crippen LogP contribution in [0, 0.1) is 4.77 Å². The van der Waals surface area contributed by atoms with Crippen LogP contribution in [0.1, 0.15) is 40.3 Å². The number of H-pyrrole nitrogens is 1. The average molecular weight is 242 g/mol. The van der Waals surface area contributed by atoms with Crippen LogP contribution in [0.15, 0.2) is 6.20 Å². The molecule has 1 aromatic heterocycles. The van der Waals surface area contributed by atoms with Gasteiger partial charge in [-0.25, -0.2) is 0 Å². The highest BCUT2D eigenvalue weighted by molar-refractivity contribution is 7.71. The molecule has 0 aliphatic rings. The van der Waals surface area contributed by atoms with Crippen LogP contribution in [0.3, 0.4) is 0 Å². The van der Waals surface area contributed by atoms with Gasteiger partial charge in [-0.1, -0.05) is 20.8 Å². The fourth-order valence-electron chi connectivity index (χ4n) is 1.62. The van der Waals surface area contributed by atoms with Crippen molar-refractivity contribution in [3.05, 3.63) is 16.7 Å². The Bertz CT molecular complexity index is 384. The van der Waals surface area contributed by atoms with Gasteiger partial charge in [0.15, 0.2) is 4.77 Å². The number of nitrogens with one attached hydrogen (secondary N) is 1. The second kappa shape index (κ2) is 5.15. The third-order valence-corrected chi connectivity index (χ3v) is 2.74. The summed E-state index contributed by atoms with van der Waals surface area (Å²) >= 11 is 5.27. The van der Waals surface area contributed by atoms with Gasteiger partial charge in [0.2, 0.25) is 0 Å². The minimum Gasteiger partial charge on any atom is -0.377 e. The lowest BCUT2D eigenvalue weighted by molar-refractivity contribution is 0.0718. The van der Waals surface area contributed by atoms with Crippen molar-refractivity contribution >= 4 is 12.2 Å². The number of aromatic nitrogens is 2. The number of hydrogen-bond acceptors (Lipinski definition) is 2. The number of ether oxygens (including phenoxy) is 1. The minimum atomic E-state index is 0.103. The zero-order chi connectivity index (χ0) is 12.3. The summed E-state index contributed by atoms with van der Waals surface area (Å²) in [5, 5.41) is 0. The molecule has 0 unspecified atom stereocenters. The van der Waals surface area contributed by atoms with Crippen LogP contribution in [0.25, 0.3) is 0 Å². The van der Waals surface area contributed by atoms with E-state index in [9.17, 15) is 0 Å². The van der Waals surface area contributed by atoms with E-state index in [0.29, 0.717) is 6.61 Å². The number of hydrogen-bond donors (Lipinski definition) is 1. The van der Waals surface area contributed by atoms with E-state index in [-0.39, 0.29) is 11.5 Å². The fraction of sp³-hybridized carbons (Fsp3) is 0.750. The first-order valence-corrected chi connectivity index (χ1v) is 6.13. The number of aromatic amines is 1. The summed E-state index contributed by atoms with van der Waals surface area (Å²) < 4.78 is 8.45. The summed E-state index contributed by atoms with van der Waals surface area (Å²) in [6.45, 7) is 12.2. The van der Waals surface area contributed by atoms with Crippen LogP contribution < -0.4 is 0 Å². The Balaban J connectivity index is 2.79. The molecule has 0 aliphatic carbocycles. The Kier molecular flexibility index (Phi) is 4.33. The van der Waals surface area contributed by atoms with E-state index in [0.717, 1.165) is 11.3 Å². The third-order valence-electron chi connectivity index (χ3n) is 2.40. The molecule has 92 valence electrons. The second-order valence-corrected chi connectivity index (χ2v) is 5.69. The summed E-state index contributed by atoms with van der Waals surface area (Å²) in [4.78, 5) is 3.10. The molecule has 1 rings (SSSR count). The van der Waals surface area contributed by atoms with E-state index in [2.05, 4.69) is 30.3 Å². The molecule has 0 atom stereocenters. The van der Waals surface area contributed by atoms with Gasteiger partial charge in [-0.15, -0.1) is 0 Å². The fourth-order valence-corrected chi connectivity index (χ4v) is 1.87. The van der Waals surface area contributed by atoms with Gasteiger partial charge in [0, 0.05) is 23.9 Å². The van der Waals surface area contributed by atoms with Gasteiger partial charge in [0.05, 0.1) is 12.7 Å². The van der Waals surface area contributed by atoms with Gasteiger partial charge < -0.3 is 14.3 Å². The molecule has 0 aromatic carbocycles. The molecule has 0 aliphatic heterocycles. The van der Waals surface area contributed by atoms with Gasteiger partial charge in [0.1, 0.15) is 0 Å². The summed E-state index contributed by atoms with van der Waals surface area (Å²) in [6, 6.07) is 0. The SMILES string of the molecule is CC(C)OCCn1c(C(C)(C)C)c[nH]c1=S. The smallest absolute Gasteiger partial charge is 0.177 e. The van der Waals surface area contributed by atoms with Crippen molar-refractivity contribution in [1.82, 2.24) is 9.55 Å². The first-order chi connectivity index (χ1) is 7.32. The Labute approximate surface area is 103 Å². The molecular formula is C12H22N2OS. The second-order valence-electron chi connectivity index (χ2n) is 5.30. The van der Waals surface area contributed by atoms with E-state index >= 15 is 0 Å². The first kappa shape index (κ1) is 13.5. The van der Waals surface area contributed by atoms with Crippen LogP contribution in [0.4, 0.5) is 0 Å². The number of imidazole rings is 1. The van der Waals surface area contributed by atoms with E-state index in [1.807, 2.05) is 20.0 Å². The molecule has 0 spiro atoms. The molecule has 4 heteroatoms. The van der Waals surface area contributed by atoms with Crippen LogP contribution in [0.2, 0.25) is 0 Å². The van der Waals surface area contributed by atoms with Crippen molar-refractivity contribution in [2.45, 2.75) is 52.7 Å². The molecular weight excluding hydrogens is 220 g/mol. The Morgan fingerprint density at radius 3 is 2.56 bits per heavy atom. The highest BCUT2D eigenvalue weighted by atomic mass is 32.1. The lowest BCUT2D eigenvalue weighted by Crippen LogP contribution is -2.20. The van der Waals surface area contributed by atoms with Gasteiger partial charge in [-0.2, -0.15) is 0 Å². The first-order valence-electron chi connectivity index (χ1n) is 5.72. The Hall–Kier alpha value is -0.610. The lowest BCUT2D eigenvalue weighted by atomic mass is 9.93. The topological polar surface area (TPSA) is 29.9 Å². The van der Waals surface area contributed by atoms with E-state index in [4.69, 9.17) is 17.0 Å². The molecule has 0 saturated heterocycles. The molecule has 16 heavy (non-hydrogen) atoms. The monoisotopic (exact) mass is 242 g/mol. The van der Waals surface area contributed by atoms with E-state index < -0.39 is 0 Å². The molecule has 1 N–H and O–H groups in total. The Morgan fingerprint density at radius 2 is 2.06 bits per heavy atom. The van der Waals surface area contributed by atoms with Crippen LogP contribution in [-0.2, 0) is 16.7 Å². The molecule has 0 saturated carbocycles. The van der Waals surface area contributed by atoms with Gasteiger partial charge in [-0.05, 0) is 26.1 Å². The zero-order valence-corrected chi connectivity index (χ0v) is 11.6. The predicted octanol–water partition coefficient (Wildman–Crippen LogP) is 3.27. The largest absolute Gasteiger partial charge is 0.377 e. The van der Waals surface area contributed by atoms with Gasteiger partial charge >= 0.3 is 0 Å². The maximum absolute atomic E-state index is 5.56. The quantitative estimate of drug-likeness (QED) is 0.821. The van der Waals surface area contributed by atoms with Crippen LogP contribution in [0.5, 0.6) is 0 Å². The summed E-state index contributed by atoms with van der Waals surface area (Å²) in [6.07, 6.45) is 2.27. The maximum atomic E-state index is 5.56. The van der Waals surface area contributed by atoms with Crippen molar-refractivity contribution in [3.8, 4) is 0 Å². The average Bonchev–Trinajstić information content (AvgIpc) is 2.46. The summed E-state index contributed by atoms with van der Waals surface area (Å²) in [7, 11) is 0. The molecule has 3 nitrogen and oxygen atoms in total. The zero-order valence-electron chi connectivity index (χ0n) is 10.8. The number of nitrogens with zero attached hydrogens (tertiary/aromatic N) is 1. The maximum Gasteiger partial charge on any atom is 0.177 e. The summed E-state index contributed by atoms with van der Waals surface area (Å²) in [5.74, 6) is 0. The van der Waals surface area contributed by atoms with Gasteiger partial charge in [0.25, 0.3) is 0 Å². The van der Waals surface area contributed by atoms with Crippen LogP contribution in [-0.4, -0.2) is 22.3 Å². The Morgan fingerprint density at radius 1 is 1.44 bits per heavy atom. The lowest BCUT2D eigenvalue weighted by Gasteiger charge is -2.21. The molecule has 0 bridgehead atoms. The van der Waals surface area contributed by atoms with E-state index in [1.165, 1.54) is 5.69 Å². The van der Waals surface area contributed by atoms with E-state index in [1.54, 1.807) is 0 Å². The van der Waals surface area contributed by atoms with Crippen molar-refractivity contribution in [3.63, 3.8) is 0 Å². The van der Waals surface area contributed by atoms with Crippen molar-refractivity contribution in [1.29, 1.82) is 0 Å². The van der Waals surface area contributed by atoms with Gasteiger partial charge in [-0.3, -0.25) is 0 Å². The predicted molar refractivity (Wildman–Crippen MR) is 69.4 cm³/mol. The van der Waals surface area contributed by atoms with Crippen LogP contribution >= 0.6 is 12.2 Å². The highest BCUT2D eigenvalue weighted by Gasteiger charge is 2.18. The third kappa shape index (κ3) is 3.46. The van der Waals surface area contributed by atoms with Crippen molar-refractivity contribution < 1.29 is 4.74 Å². The molecule has 0 amide bonds. The normalized spacial score (nSPS) is 12.4. The molecule has 0 fully saturated rings. The van der Waals surface area contributed by atoms with Crippen molar-refractivity contribution in [2.75, 3.05) is 6.61 Å². The minimum absolute atomic E-state index is 0.103.